The number of hydrogen-bond acceptors (Lipinski definition) is 6. The van der Waals surface area contributed by atoms with E-state index in [-0.39, 0.29) is 0 Å². The van der Waals surface area contributed by atoms with Gasteiger partial charge in [-0.05, 0) is 71.9 Å². The zero-order valence-corrected chi connectivity index (χ0v) is 22.3. The Morgan fingerprint density at radius 3 is 2.45 bits per heavy atom. The number of benzene rings is 3. The average Bonchev–Trinajstić information content (AvgIpc) is 3.40. The molecule has 0 aliphatic carbocycles. The summed E-state index contributed by atoms with van der Waals surface area (Å²) < 4.78 is 11.9. The van der Waals surface area contributed by atoms with Crippen LogP contribution in [0.5, 0.6) is 0 Å². The third-order valence-electron chi connectivity index (χ3n) is 6.20. The fourth-order valence-electron chi connectivity index (χ4n) is 4.18. The summed E-state index contributed by atoms with van der Waals surface area (Å²) in [6.45, 7) is 2.60. The van der Waals surface area contributed by atoms with Gasteiger partial charge in [-0.1, -0.05) is 60.7 Å². The number of aliphatic carboxylic acids is 1. The van der Waals surface area contributed by atoms with Crippen LogP contribution >= 0.6 is 11.8 Å². The van der Waals surface area contributed by atoms with Crippen molar-refractivity contribution in [2.45, 2.75) is 32.6 Å². The molecule has 0 bridgehead atoms. The zero-order chi connectivity index (χ0) is 26.9. The van der Waals surface area contributed by atoms with E-state index in [1.165, 1.54) is 11.8 Å². The Morgan fingerprint density at radius 1 is 0.947 bits per heavy atom. The summed E-state index contributed by atoms with van der Waals surface area (Å²) in [6, 6.07) is 25.9. The van der Waals surface area contributed by atoms with Gasteiger partial charge in [0.1, 0.15) is 18.1 Å². The molecule has 4 rings (SSSR count). The zero-order valence-electron chi connectivity index (χ0n) is 21.4. The monoisotopic (exact) mass is 528 g/mol. The Bertz CT molecular complexity index is 1380. The molecule has 0 aliphatic heterocycles. The molecule has 1 N–H and O–H groups in total. The number of carboxylic acid groups (broad SMARTS) is 1. The molecule has 0 radical (unpaired) electrons. The van der Waals surface area contributed by atoms with Crippen LogP contribution in [-0.4, -0.2) is 29.9 Å². The van der Waals surface area contributed by atoms with E-state index in [1.54, 1.807) is 6.07 Å². The third kappa shape index (κ3) is 6.94. The molecular formula is C31H30NO5S-. The molecule has 196 valence electrons. The molecule has 6 nitrogen and oxygen atoms in total. The highest BCUT2D eigenvalue weighted by molar-refractivity contribution is 7.98. The standard InChI is InChI=1S/C31H31NO5S/c1-21-8-6-7-11-25(21)27-18-22(12-14-26(27)30(33)32-28(31(34)35)16-17-38-2)19-36-20-24-13-15-29(37-24)23-9-4-3-5-10-23/h3-15,18,28H,16-17,19-20H2,1-2H3,(H,32,33)(H,34,35)/p-1/t28-/m0/s1. The van der Waals surface area contributed by atoms with Gasteiger partial charge >= 0.3 is 0 Å². The fourth-order valence-corrected chi connectivity index (χ4v) is 4.65. The van der Waals surface area contributed by atoms with E-state index in [1.807, 2.05) is 92.0 Å². The summed E-state index contributed by atoms with van der Waals surface area (Å²) in [7, 11) is 0. The van der Waals surface area contributed by atoms with Crippen LogP contribution in [0.4, 0.5) is 0 Å². The lowest BCUT2D eigenvalue weighted by Gasteiger charge is -2.21. The van der Waals surface area contributed by atoms with Gasteiger partial charge in [-0.2, -0.15) is 11.8 Å². The van der Waals surface area contributed by atoms with Crippen LogP contribution in [0, 0.1) is 6.92 Å². The first-order valence-electron chi connectivity index (χ1n) is 12.4. The Labute approximate surface area is 227 Å². The third-order valence-corrected chi connectivity index (χ3v) is 6.84. The van der Waals surface area contributed by atoms with Crippen molar-refractivity contribution in [1.82, 2.24) is 5.32 Å². The molecule has 3 aromatic carbocycles. The summed E-state index contributed by atoms with van der Waals surface area (Å²) in [4.78, 5) is 24.8. The summed E-state index contributed by atoms with van der Waals surface area (Å²) in [6.07, 6.45) is 2.18. The first-order chi connectivity index (χ1) is 18.5. The SMILES string of the molecule is CSCC[C@H](NC(=O)c1ccc(COCc2ccc(-c3ccccc3)o2)cc1-c1ccccc1C)C(=O)[O-]. The first-order valence-corrected chi connectivity index (χ1v) is 13.8. The Kier molecular flexibility index (Phi) is 9.40. The number of furan rings is 1. The summed E-state index contributed by atoms with van der Waals surface area (Å²) >= 11 is 1.52. The van der Waals surface area contributed by atoms with Crippen molar-refractivity contribution in [2.75, 3.05) is 12.0 Å². The molecule has 1 atom stereocenters. The van der Waals surface area contributed by atoms with Crippen molar-refractivity contribution in [1.29, 1.82) is 0 Å². The highest BCUT2D eigenvalue weighted by Gasteiger charge is 2.19. The van der Waals surface area contributed by atoms with Gasteiger partial charge in [-0.3, -0.25) is 4.79 Å². The van der Waals surface area contributed by atoms with Gasteiger partial charge in [0.05, 0.1) is 18.6 Å². The van der Waals surface area contributed by atoms with Crippen LogP contribution in [0.2, 0.25) is 0 Å². The number of rotatable bonds is 12. The van der Waals surface area contributed by atoms with Crippen molar-refractivity contribution >= 4 is 23.6 Å². The van der Waals surface area contributed by atoms with E-state index in [0.717, 1.165) is 33.8 Å². The van der Waals surface area contributed by atoms with E-state index < -0.39 is 17.9 Å². The van der Waals surface area contributed by atoms with Crippen molar-refractivity contribution in [3.8, 4) is 22.5 Å². The minimum Gasteiger partial charge on any atom is -0.548 e. The van der Waals surface area contributed by atoms with E-state index in [9.17, 15) is 14.7 Å². The number of nitrogens with one attached hydrogen (secondary N) is 1. The molecule has 1 amide bonds. The van der Waals surface area contributed by atoms with Crippen LogP contribution < -0.4 is 10.4 Å². The molecule has 0 fully saturated rings. The van der Waals surface area contributed by atoms with Crippen LogP contribution in [0.15, 0.2) is 89.3 Å². The minimum absolute atomic E-state index is 0.291. The van der Waals surface area contributed by atoms with Gasteiger partial charge < -0.3 is 24.4 Å². The minimum atomic E-state index is -1.29. The van der Waals surface area contributed by atoms with Gasteiger partial charge in [0.2, 0.25) is 0 Å². The molecule has 4 aromatic rings. The maximum atomic E-state index is 13.2. The number of ether oxygens (including phenoxy) is 1. The van der Waals surface area contributed by atoms with Crippen molar-refractivity contribution in [3.05, 3.63) is 107 Å². The second-order valence-corrected chi connectivity index (χ2v) is 9.93. The van der Waals surface area contributed by atoms with Gasteiger partial charge in [0, 0.05) is 11.1 Å². The molecule has 0 unspecified atom stereocenters. The van der Waals surface area contributed by atoms with Gasteiger partial charge in [-0.25, -0.2) is 0 Å². The topological polar surface area (TPSA) is 91.6 Å². The predicted octanol–water partition coefficient (Wildman–Crippen LogP) is 5.24. The molecule has 1 aromatic heterocycles. The number of carboxylic acids is 1. The van der Waals surface area contributed by atoms with Gasteiger partial charge in [0.15, 0.2) is 0 Å². The van der Waals surface area contributed by atoms with Crippen LogP contribution in [-0.2, 0) is 22.7 Å². The number of aryl methyl sites for hydroxylation is 1. The molecule has 0 saturated carbocycles. The average molecular weight is 529 g/mol. The van der Waals surface area contributed by atoms with Crippen LogP contribution in [0.1, 0.15) is 33.7 Å². The maximum absolute atomic E-state index is 13.2. The molecule has 38 heavy (non-hydrogen) atoms. The largest absolute Gasteiger partial charge is 0.548 e. The van der Waals surface area contributed by atoms with Gasteiger partial charge in [0.25, 0.3) is 5.91 Å². The predicted molar refractivity (Wildman–Crippen MR) is 149 cm³/mol. The highest BCUT2D eigenvalue weighted by atomic mass is 32.2. The fraction of sp³-hybridized carbons (Fsp3) is 0.226. The number of hydrogen-bond donors (Lipinski definition) is 1. The molecule has 0 aliphatic rings. The lowest BCUT2D eigenvalue weighted by atomic mass is 9.93. The highest BCUT2D eigenvalue weighted by Crippen LogP contribution is 2.29. The van der Waals surface area contributed by atoms with Crippen molar-refractivity contribution < 1.29 is 23.8 Å². The number of carbonyl (C=O) groups is 2. The summed E-state index contributed by atoms with van der Waals surface area (Å²) in [5, 5.41) is 14.2. The van der Waals surface area contributed by atoms with Crippen LogP contribution in [0.3, 0.4) is 0 Å². The molecule has 7 heteroatoms. The molecular weight excluding hydrogens is 498 g/mol. The van der Waals surface area contributed by atoms with Gasteiger partial charge in [-0.15, -0.1) is 0 Å². The smallest absolute Gasteiger partial charge is 0.252 e. The Morgan fingerprint density at radius 2 is 1.71 bits per heavy atom. The Hall–Kier alpha value is -3.81. The summed E-state index contributed by atoms with van der Waals surface area (Å²) in [5.74, 6) is 0.368. The lowest BCUT2D eigenvalue weighted by molar-refractivity contribution is -0.308. The van der Waals surface area contributed by atoms with Crippen molar-refractivity contribution in [2.24, 2.45) is 0 Å². The van der Waals surface area contributed by atoms with E-state index >= 15 is 0 Å². The molecule has 1 heterocycles. The lowest BCUT2D eigenvalue weighted by Crippen LogP contribution is -2.48. The molecule has 0 saturated heterocycles. The normalized spacial score (nSPS) is 11.7. The number of amides is 1. The second-order valence-electron chi connectivity index (χ2n) is 8.95. The van der Waals surface area contributed by atoms with E-state index in [0.29, 0.717) is 36.5 Å². The Balaban J connectivity index is 1.51. The summed E-state index contributed by atoms with van der Waals surface area (Å²) in [5.41, 5.74) is 4.90. The maximum Gasteiger partial charge on any atom is 0.252 e. The molecule has 0 spiro atoms. The van der Waals surface area contributed by atoms with Crippen LogP contribution in [0.25, 0.3) is 22.5 Å². The number of thioether (sulfide) groups is 1. The van der Waals surface area contributed by atoms with Crippen molar-refractivity contribution in [3.63, 3.8) is 0 Å². The quantitative estimate of drug-likeness (QED) is 0.270. The van der Waals surface area contributed by atoms with E-state index in [4.69, 9.17) is 9.15 Å². The number of carbonyl (C=O) groups excluding carboxylic acids is 2. The van der Waals surface area contributed by atoms with E-state index in [2.05, 4.69) is 5.32 Å². The first kappa shape index (κ1) is 27.2. The second kappa shape index (κ2) is 13.1.